The van der Waals surface area contributed by atoms with Gasteiger partial charge in [0.05, 0.1) is 10.6 Å². The molecule has 0 fully saturated rings. The minimum atomic E-state index is -0.969. The topological polar surface area (TPSA) is 73.2 Å². The van der Waals surface area contributed by atoms with Crippen molar-refractivity contribution < 1.29 is 14.3 Å². The molecule has 0 saturated carbocycles. The number of carbonyl (C=O) groups excluding carboxylic acids is 2. The number of rotatable bonds is 5. The van der Waals surface area contributed by atoms with Crippen molar-refractivity contribution in [1.82, 2.24) is 9.55 Å². The Labute approximate surface area is 155 Å². The van der Waals surface area contributed by atoms with Gasteiger partial charge in [0.1, 0.15) is 5.82 Å². The number of anilines is 1. The first-order valence-electron chi connectivity index (χ1n) is 8.21. The smallest absolute Gasteiger partial charge is 0.341 e. The van der Waals surface area contributed by atoms with Gasteiger partial charge in [0.2, 0.25) is 0 Å². The minimum Gasteiger partial charge on any atom is -0.449 e. The zero-order valence-corrected chi connectivity index (χ0v) is 15.2. The molecule has 2 heterocycles. The summed E-state index contributed by atoms with van der Waals surface area (Å²) in [7, 11) is 0. The fraction of sp³-hybridized carbons (Fsp3) is 0.211. The van der Waals surface area contributed by atoms with Gasteiger partial charge in [-0.05, 0) is 32.0 Å². The highest BCUT2D eigenvalue weighted by Crippen LogP contribution is 2.22. The second kappa shape index (κ2) is 7.58. The van der Waals surface area contributed by atoms with E-state index in [1.807, 2.05) is 35.8 Å². The largest absolute Gasteiger partial charge is 0.449 e. The summed E-state index contributed by atoms with van der Waals surface area (Å²) >= 11 is 5.76. The minimum absolute atomic E-state index is 0.338. The van der Waals surface area contributed by atoms with Crippen LogP contribution in [0, 0.1) is 0 Å². The Morgan fingerprint density at radius 2 is 2.04 bits per heavy atom. The number of nitrogens with zero attached hydrogens (tertiary/aromatic N) is 2. The van der Waals surface area contributed by atoms with Crippen LogP contribution in [0.25, 0.3) is 10.9 Å². The number of hydrogen-bond acceptors (Lipinski definition) is 4. The van der Waals surface area contributed by atoms with Crippen molar-refractivity contribution in [3.63, 3.8) is 0 Å². The Kier molecular flexibility index (Phi) is 5.23. The zero-order chi connectivity index (χ0) is 18.7. The number of halogens is 1. The van der Waals surface area contributed by atoms with E-state index in [2.05, 4.69) is 10.3 Å². The van der Waals surface area contributed by atoms with Gasteiger partial charge in [-0.15, -0.1) is 0 Å². The molecule has 0 aliphatic heterocycles. The number of carbonyl (C=O) groups is 2. The average molecular weight is 372 g/mol. The summed E-state index contributed by atoms with van der Waals surface area (Å²) in [5, 5.41) is 3.85. The number of aryl methyl sites for hydroxylation is 1. The van der Waals surface area contributed by atoms with Gasteiger partial charge in [0, 0.05) is 29.8 Å². The molecule has 0 aliphatic carbocycles. The van der Waals surface area contributed by atoms with E-state index in [1.54, 1.807) is 18.3 Å². The van der Waals surface area contributed by atoms with Crippen LogP contribution < -0.4 is 5.32 Å². The average Bonchev–Trinajstić information content (AvgIpc) is 3.02. The van der Waals surface area contributed by atoms with Gasteiger partial charge in [-0.2, -0.15) is 0 Å². The highest BCUT2D eigenvalue weighted by molar-refractivity contribution is 6.30. The molecule has 1 N–H and O–H groups in total. The van der Waals surface area contributed by atoms with Gasteiger partial charge in [0.25, 0.3) is 5.91 Å². The third kappa shape index (κ3) is 3.70. The zero-order valence-electron chi connectivity index (χ0n) is 14.4. The Balaban J connectivity index is 1.73. The molecule has 0 bridgehead atoms. The number of fused-ring (bicyclic) bond motifs is 1. The van der Waals surface area contributed by atoms with Crippen molar-refractivity contribution in [1.29, 1.82) is 0 Å². The first kappa shape index (κ1) is 17.9. The first-order chi connectivity index (χ1) is 12.5. The number of pyridine rings is 1. The number of ether oxygens (including phenoxy) is 1. The summed E-state index contributed by atoms with van der Waals surface area (Å²) in [5.74, 6) is -0.669. The summed E-state index contributed by atoms with van der Waals surface area (Å²) in [4.78, 5) is 28.8. The lowest BCUT2D eigenvalue weighted by Crippen LogP contribution is -2.30. The van der Waals surface area contributed by atoms with E-state index in [1.165, 1.54) is 13.1 Å². The van der Waals surface area contributed by atoms with E-state index >= 15 is 0 Å². The van der Waals surface area contributed by atoms with Crippen LogP contribution in [0.3, 0.4) is 0 Å². The van der Waals surface area contributed by atoms with Crippen molar-refractivity contribution in [2.24, 2.45) is 0 Å². The van der Waals surface area contributed by atoms with E-state index in [4.69, 9.17) is 16.3 Å². The lowest BCUT2D eigenvalue weighted by atomic mass is 10.2. The van der Waals surface area contributed by atoms with Crippen molar-refractivity contribution >= 4 is 40.2 Å². The molecule has 134 valence electrons. The van der Waals surface area contributed by atoms with E-state index in [0.29, 0.717) is 16.4 Å². The molecule has 2 aromatic heterocycles. The molecular formula is C19H18ClN3O3. The second-order valence-corrected chi connectivity index (χ2v) is 6.18. The number of nitrogens with one attached hydrogen (secondary N) is 1. The van der Waals surface area contributed by atoms with Crippen LogP contribution in [-0.4, -0.2) is 27.5 Å². The van der Waals surface area contributed by atoms with Crippen LogP contribution in [-0.2, 0) is 16.1 Å². The van der Waals surface area contributed by atoms with Gasteiger partial charge in [-0.3, -0.25) is 4.79 Å². The van der Waals surface area contributed by atoms with Crippen LogP contribution in [0.4, 0.5) is 5.82 Å². The van der Waals surface area contributed by atoms with Crippen molar-refractivity contribution in [2.75, 3.05) is 5.32 Å². The summed E-state index contributed by atoms with van der Waals surface area (Å²) < 4.78 is 7.31. The molecule has 3 aromatic rings. The maximum Gasteiger partial charge on any atom is 0.341 e. The van der Waals surface area contributed by atoms with Crippen molar-refractivity contribution in [2.45, 2.75) is 26.5 Å². The van der Waals surface area contributed by atoms with Gasteiger partial charge < -0.3 is 14.6 Å². The van der Waals surface area contributed by atoms with Crippen molar-refractivity contribution in [3.05, 3.63) is 59.4 Å². The third-order valence-corrected chi connectivity index (χ3v) is 4.20. The summed E-state index contributed by atoms with van der Waals surface area (Å²) in [5.41, 5.74) is 1.39. The molecule has 1 aromatic carbocycles. The fourth-order valence-electron chi connectivity index (χ4n) is 2.63. The number of amides is 1. The quantitative estimate of drug-likeness (QED) is 0.690. The second-order valence-electron chi connectivity index (χ2n) is 5.74. The maximum absolute atomic E-state index is 12.6. The van der Waals surface area contributed by atoms with E-state index in [0.717, 1.165) is 17.4 Å². The molecule has 1 amide bonds. The number of benzene rings is 1. The number of aromatic nitrogens is 2. The molecule has 6 nitrogen and oxygen atoms in total. The van der Waals surface area contributed by atoms with Gasteiger partial charge in [-0.25, -0.2) is 9.78 Å². The molecular weight excluding hydrogens is 354 g/mol. The van der Waals surface area contributed by atoms with Gasteiger partial charge in [-0.1, -0.05) is 29.8 Å². The Morgan fingerprint density at radius 3 is 2.73 bits per heavy atom. The molecule has 1 atom stereocenters. The van der Waals surface area contributed by atoms with E-state index in [-0.39, 0.29) is 0 Å². The Morgan fingerprint density at radius 1 is 1.27 bits per heavy atom. The Hall–Kier alpha value is -2.86. The van der Waals surface area contributed by atoms with E-state index in [9.17, 15) is 9.59 Å². The van der Waals surface area contributed by atoms with Crippen LogP contribution in [0.2, 0.25) is 5.02 Å². The predicted octanol–water partition coefficient (Wildman–Crippen LogP) is 3.89. The van der Waals surface area contributed by atoms with Crippen LogP contribution in [0.5, 0.6) is 0 Å². The normalized spacial score (nSPS) is 12.0. The van der Waals surface area contributed by atoms with Crippen molar-refractivity contribution in [3.8, 4) is 0 Å². The molecule has 0 aliphatic rings. The predicted molar refractivity (Wildman–Crippen MR) is 100 cm³/mol. The third-order valence-electron chi connectivity index (χ3n) is 3.98. The number of esters is 1. The Bertz CT molecular complexity index is 950. The van der Waals surface area contributed by atoms with Crippen LogP contribution in [0.1, 0.15) is 24.2 Å². The standard InChI is InChI=1S/C19H18ClN3O3/c1-3-23-11-15(14-6-4-5-7-16(14)23)19(25)26-12(2)18(24)22-17-9-8-13(20)10-21-17/h4-12H,3H2,1-2H3,(H,21,22,24)/t12-/m0/s1. The highest BCUT2D eigenvalue weighted by Gasteiger charge is 2.22. The van der Waals surface area contributed by atoms with E-state index < -0.39 is 18.0 Å². The number of para-hydroxylation sites is 1. The molecule has 26 heavy (non-hydrogen) atoms. The summed E-state index contributed by atoms with van der Waals surface area (Å²) in [6, 6.07) is 10.8. The first-order valence-corrected chi connectivity index (χ1v) is 8.58. The fourth-order valence-corrected chi connectivity index (χ4v) is 2.74. The highest BCUT2D eigenvalue weighted by atomic mass is 35.5. The molecule has 0 spiro atoms. The van der Waals surface area contributed by atoms with Crippen LogP contribution >= 0.6 is 11.6 Å². The van der Waals surface area contributed by atoms with Gasteiger partial charge >= 0.3 is 5.97 Å². The molecule has 0 saturated heterocycles. The SMILES string of the molecule is CCn1cc(C(=O)O[C@@H](C)C(=O)Nc2ccc(Cl)cn2)c2ccccc21. The lowest BCUT2D eigenvalue weighted by Gasteiger charge is -2.12. The lowest BCUT2D eigenvalue weighted by molar-refractivity contribution is -0.123. The monoisotopic (exact) mass is 371 g/mol. The molecule has 0 radical (unpaired) electrons. The van der Waals surface area contributed by atoms with Gasteiger partial charge in [0.15, 0.2) is 6.10 Å². The maximum atomic E-state index is 12.6. The molecule has 7 heteroatoms. The number of hydrogen-bond donors (Lipinski definition) is 1. The molecule has 0 unspecified atom stereocenters. The summed E-state index contributed by atoms with van der Waals surface area (Å²) in [6.07, 6.45) is 2.20. The van der Waals surface area contributed by atoms with Crippen LogP contribution in [0.15, 0.2) is 48.8 Å². The summed E-state index contributed by atoms with van der Waals surface area (Å²) in [6.45, 7) is 4.24. The molecule has 3 rings (SSSR count).